The number of hydrogen-bond acceptors (Lipinski definition) is 5. The number of carbonyl (C=O) groups excluding carboxylic acids is 2. The number of hydrogen-bond donors (Lipinski definition) is 3. The normalized spacial score (nSPS) is 17.0. The minimum absolute atomic E-state index is 0.0476. The van der Waals surface area contributed by atoms with Gasteiger partial charge in [0.1, 0.15) is 22.9 Å². The number of aromatic amines is 1. The van der Waals surface area contributed by atoms with Crippen molar-refractivity contribution in [2.24, 2.45) is 0 Å². The number of aromatic nitrogens is 2. The molecule has 1 aliphatic rings. The SMILES string of the molecule is CCOc1ccccc1C(=O)N[C@@]1(C(F)(F)F)C(=O)Nc2c1c(=O)[nH]c(=O)n2-c1ccc(F)cc1. The van der Waals surface area contributed by atoms with E-state index >= 15 is 0 Å². The van der Waals surface area contributed by atoms with Crippen LogP contribution in [0.2, 0.25) is 0 Å². The first-order chi connectivity index (χ1) is 16.5. The van der Waals surface area contributed by atoms with Crippen LogP contribution in [0.15, 0.2) is 58.1 Å². The molecule has 1 atom stereocenters. The monoisotopic (exact) mass is 492 g/mol. The molecule has 1 aromatic heterocycles. The fraction of sp³-hybridized carbons (Fsp3) is 0.182. The van der Waals surface area contributed by atoms with Gasteiger partial charge in [0, 0.05) is 0 Å². The van der Waals surface area contributed by atoms with Gasteiger partial charge in [0.25, 0.3) is 22.9 Å². The summed E-state index contributed by atoms with van der Waals surface area (Å²) >= 11 is 0. The summed E-state index contributed by atoms with van der Waals surface area (Å²) in [6, 6.07) is 9.38. The van der Waals surface area contributed by atoms with Crippen LogP contribution in [0.4, 0.5) is 23.4 Å². The fourth-order valence-corrected chi connectivity index (χ4v) is 3.79. The van der Waals surface area contributed by atoms with Crippen molar-refractivity contribution in [3.05, 3.63) is 86.3 Å². The van der Waals surface area contributed by atoms with E-state index in [1.54, 1.807) is 17.2 Å². The van der Waals surface area contributed by atoms with Gasteiger partial charge in [0.15, 0.2) is 0 Å². The van der Waals surface area contributed by atoms with Gasteiger partial charge in [-0.25, -0.2) is 13.8 Å². The van der Waals surface area contributed by atoms with Crippen molar-refractivity contribution in [1.29, 1.82) is 0 Å². The van der Waals surface area contributed by atoms with Crippen molar-refractivity contribution in [2.75, 3.05) is 11.9 Å². The lowest BCUT2D eigenvalue weighted by molar-refractivity contribution is -0.196. The first-order valence-corrected chi connectivity index (χ1v) is 10.1. The van der Waals surface area contributed by atoms with Gasteiger partial charge < -0.3 is 15.4 Å². The predicted molar refractivity (Wildman–Crippen MR) is 114 cm³/mol. The van der Waals surface area contributed by atoms with Crippen LogP contribution in [0.5, 0.6) is 5.75 Å². The van der Waals surface area contributed by atoms with Crippen molar-refractivity contribution in [3.8, 4) is 11.4 Å². The minimum Gasteiger partial charge on any atom is -0.493 e. The molecule has 182 valence electrons. The molecule has 2 aromatic carbocycles. The van der Waals surface area contributed by atoms with Crippen LogP contribution in [0, 0.1) is 5.82 Å². The van der Waals surface area contributed by atoms with E-state index in [0.29, 0.717) is 4.57 Å². The minimum atomic E-state index is -5.52. The molecule has 4 rings (SSSR count). The first kappa shape index (κ1) is 23.7. The standard InChI is InChI=1S/C22H16F4N4O5/c1-2-35-14-6-4-3-5-13(14)17(31)29-21(22(24,25)26)15-16(27-19(21)33)30(20(34)28-18(15)32)12-9-7-11(23)8-10-12/h3-10H,2H2,1H3,(H,27,33)(H,29,31)(H,28,32,34)/t21-/m1/s1. The third kappa shape index (κ3) is 3.74. The molecule has 0 bridgehead atoms. The summed E-state index contributed by atoms with van der Waals surface area (Å²) in [6.07, 6.45) is -5.52. The first-order valence-electron chi connectivity index (χ1n) is 10.1. The fourth-order valence-electron chi connectivity index (χ4n) is 3.79. The lowest BCUT2D eigenvalue weighted by atomic mass is 9.91. The number of carbonyl (C=O) groups is 2. The number of anilines is 1. The number of benzene rings is 2. The van der Waals surface area contributed by atoms with E-state index in [-0.39, 0.29) is 23.6 Å². The van der Waals surface area contributed by atoms with Crippen molar-refractivity contribution < 1.29 is 31.9 Å². The van der Waals surface area contributed by atoms with Gasteiger partial charge in [-0.3, -0.25) is 19.4 Å². The van der Waals surface area contributed by atoms with E-state index < -0.39 is 52.0 Å². The molecule has 0 saturated carbocycles. The lowest BCUT2D eigenvalue weighted by Gasteiger charge is -2.30. The Kier molecular flexibility index (Phi) is 5.71. The van der Waals surface area contributed by atoms with Crippen molar-refractivity contribution in [2.45, 2.75) is 18.6 Å². The zero-order chi connectivity index (χ0) is 25.5. The largest absolute Gasteiger partial charge is 0.493 e. The van der Waals surface area contributed by atoms with E-state index in [9.17, 15) is 36.7 Å². The topological polar surface area (TPSA) is 122 Å². The molecule has 0 fully saturated rings. The Balaban J connectivity index is 1.95. The number of fused-ring (bicyclic) bond motifs is 1. The van der Waals surface area contributed by atoms with Crippen LogP contribution < -0.4 is 26.6 Å². The molecule has 0 spiro atoms. The number of para-hydroxylation sites is 1. The smallest absolute Gasteiger partial charge is 0.425 e. The summed E-state index contributed by atoms with van der Waals surface area (Å²) in [5, 5.41) is 3.55. The van der Waals surface area contributed by atoms with E-state index in [1.807, 2.05) is 5.32 Å². The van der Waals surface area contributed by atoms with Crippen molar-refractivity contribution in [3.63, 3.8) is 0 Å². The summed E-state index contributed by atoms with van der Waals surface area (Å²) in [6.45, 7) is 1.70. The molecular formula is C22H16F4N4O5. The van der Waals surface area contributed by atoms with Gasteiger partial charge in [-0.2, -0.15) is 13.2 Å². The molecule has 0 saturated heterocycles. The molecule has 3 N–H and O–H groups in total. The molecule has 9 nitrogen and oxygen atoms in total. The zero-order valence-corrected chi connectivity index (χ0v) is 17.8. The third-order valence-electron chi connectivity index (χ3n) is 5.30. The summed E-state index contributed by atoms with van der Waals surface area (Å²) in [7, 11) is 0. The van der Waals surface area contributed by atoms with Gasteiger partial charge in [-0.05, 0) is 43.3 Å². The maximum atomic E-state index is 14.5. The zero-order valence-electron chi connectivity index (χ0n) is 17.8. The predicted octanol–water partition coefficient (Wildman–Crippen LogP) is 2.20. The number of nitrogens with one attached hydrogen (secondary N) is 3. The van der Waals surface area contributed by atoms with Gasteiger partial charge >= 0.3 is 11.9 Å². The Morgan fingerprint density at radius 1 is 1.09 bits per heavy atom. The molecule has 0 radical (unpaired) electrons. The molecule has 2 heterocycles. The van der Waals surface area contributed by atoms with Gasteiger partial charge in [-0.15, -0.1) is 0 Å². The summed E-state index contributed by atoms with van der Waals surface area (Å²) in [5.41, 5.74) is -8.29. The van der Waals surface area contributed by atoms with E-state index in [4.69, 9.17) is 4.74 Å². The Hall–Kier alpha value is -4.42. The Labute approximate surface area is 193 Å². The van der Waals surface area contributed by atoms with Crippen LogP contribution in [0.3, 0.4) is 0 Å². The number of alkyl halides is 3. The summed E-state index contributed by atoms with van der Waals surface area (Å²) < 4.78 is 62.8. The van der Waals surface area contributed by atoms with Crippen molar-refractivity contribution in [1.82, 2.24) is 14.9 Å². The van der Waals surface area contributed by atoms with Crippen LogP contribution >= 0.6 is 0 Å². The molecule has 35 heavy (non-hydrogen) atoms. The summed E-state index contributed by atoms with van der Waals surface area (Å²) in [5.74, 6) is -4.72. The molecule has 1 aliphatic heterocycles. The van der Waals surface area contributed by atoms with Gasteiger partial charge in [0.05, 0.1) is 17.9 Å². The molecule has 0 aliphatic carbocycles. The average molecular weight is 492 g/mol. The number of amides is 2. The number of rotatable bonds is 5. The molecule has 2 amide bonds. The van der Waals surface area contributed by atoms with E-state index in [2.05, 4.69) is 0 Å². The van der Waals surface area contributed by atoms with Gasteiger partial charge in [-0.1, -0.05) is 12.1 Å². The highest BCUT2D eigenvalue weighted by atomic mass is 19.4. The maximum absolute atomic E-state index is 14.5. The van der Waals surface area contributed by atoms with Crippen LogP contribution in [0.25, 0.3) is 5.69 Å². The second kappa shape index (κ2) is 8.42. The Bertz CT molecular complexity index is 1450. The van der Waals surface area contributed by atoms with E-state index in [1.165, 1.54) is 24.3 Å². The second-order valence-corrected chi connectivity index (χ2v) is 7.38. The Morgan fingerprint density at radius 3 is 2.37 bits per heavy atom. The molecule has 3 aromatic rings. The van der Waals surface area contributed by atoms with Gasteiger partial charge in [0.2, 0.25) is 0 Å². The van der Waals surface area contributed by atoms with Crippen molar-refractivity contribution >= 4 is 17.6 Å². The average Bonchev–Trinajstić information content (AvgIpc) is 3.08. The highest BCUT2D eigenvalue weighted by Gasteiger charge is 2.68. The van der Waals surface area contributed by atoms with Crippen LogP contribution in [-0.2, 0) is 10.3 Å². The Morgan fingerprint density at radius 2 is 1.74 bits per heavy atom. The van der Waals surface area contributed by atoms with E-state index in [0.717, 1.165) is 24.3 Å². The lowest BCUT2D eigenvalue weighted by Crippen LogP contribution is -2.62. The second-order valence-electron chi connectivity index (χ2n) is 7.38. The maximum Gasteiger partial charge on any atom is 0.425 e. The third-order valence-corrected chi connectivity index (χ3v) is 5.30. The molecule has 0 unspecified atom stereocenters. The van der Waals surface area contributed by atoms with Crippen LogP contribution in [-0.4, -0.2) is 34.1 Å². The molecule has 13 heteroatoms. The highest BCUT2D eigenvalue weighted by Crippen LogP contribution is 2.45. The number of halogens is 4. The summed E-state index contributed by atoms with van der Waals surface area (Å²) in [4.78, 5) is 52.7. The highest BCUT2D eigenvalue weighted by molar-refractivity contribution is 6.10. The number of nitrogens with zero attached hydrogens (tertiary/aromatic N) is 1. The quantitative estimate of drug-likeness (QED) is 0.472. The number of H-pyrrole nitrogens is 1. The van der Waals surface area contributed by atoms with Crippen LogP contribution in [0.1, 0.15) is 22.8 Å². The molecular weight excluding hydrogens is 476 g/mol. The number of ether oxygens (including phenoxy) is 1.